The fraction of sp³-hybridized carbons (Fsp3) is 0.267. The molecule has 114 valence electrons. The number of nitrogens with zero attached hydrogens (tertiary/aromatic N) is 4. The number of benzene rings is 1. The lowest BCUT2D eigenvalue weighted by Gasteiger charge is -2.35. The molecule has 22 heavy (non-hydrogen) atoms. The van der Waals surface area contributed by atoms with E-state index in [0.717, 1.165) is 5.82 Å². The maximum absolute atomic E-state index is 13.8. The summed E-state index contributed by atoms with van der Waals surface area (Å²) < 4.78 is 13.8. The third-order valence-electron chi connectivity index (χ3n) is 3.62. The van der Waals surface area contributed by atoms with Gasteiger partial charge in [0.15, 0.2) is 0 Å². The van der Waals surface area contributed by atoms with E-state index in [1.54, 1.807) is 23.5 Å². The second-order valence-corrected chi connectivity index (χ2v) is 5.35. The number of carbonyl (C=O) groups excluding carboxylic acids is 1. The first-order chi connectivity index (χ1) is 10.7. The molecule has 1 aromatic heterocycles. The molecule has 2 heterocycles. The molecule has 1 aliphatic rings. The van der Waals surface area contributed by atoms with Gasteiger partial charge in [0.25, 0.3) is 5.91 Å². The van der Waals surface area contributed by atoms with Crippen molar-refractivity contribution in [2.24, 2.45) is 0 Å². The molecule has 1 aliphatic heterocycles. The van der Waals surface area contributed by atoms with Crippen molar-refractivity contribution < 1.29 is 9.18 Å². The Morgan fingerprint density at radius 2 is 1.95 bits per heavy atom. The fourth-order valence-electron chi connectivity index (χ4n) is 2.45. The van der Waals surface area contributed by atoms with E-state index < -0.39 is 5.82 Å². The van der Waals surface area contributed by atoms with Crippen LogP contribution in [0.15, 0.2) is 36.8 Å². The minimum absolute atomic E-state index is 0.0582. The molecule has 2 aromatic rings. The molecule has 1 amide bonds. The van der Waals surface area contributed by atoms with Gasteiger partial charge < -0.3 is 9.80 Å². The summed E-state index contributed by atoms with van der Waals surface area (Å²) in [5, 5.41) is 0.140. The highest BCUT2D eigenvalue weighted by Crippen LogP contribution is 2.22. The standard InChI is InChI=1S/C15H14ClFN4O/c16-11-2-1-3-12(17)14(11)15(22)21-8-6-20(7-9-21)13-10-18-4-5-19-13/h1-5,10H,6-9H2. The number of anilines is 1. The van der Waals surface area contributed by atoms with Gasteiger partial charge in [0, 0.05) is 38.6 Å². The maximum atomic E-state index is 13.8. The highest BCUT2D eigenvalue weighted by molar-refractivity contribution is 6.33. The second kappa shape index (κ2) is 6.27. The van der Waals surface area contributed by atoms with Gasteiger partial charge in [0.05, 0.1) is 16.8 Å². The number of aromatic nitrogens is 2. The van der Waals surface area contributed by atoms with Crippen molar-refractivity contribution in [3.05, 3.63) is 53.2 Å². The van der Waals surface area contributed by atoms with Crippen LogP contribution in [0.2, 0.25) is 5.02 Å². The predicted octanol–water partition coefficient (Wildman–Crippen LogP) is 2.23. The highest BCUT2D eigenvalue weighted by atomic mass is 35.5. The maximum Gasteiger partial charge on any atom is 0.258 e. The van der Waals surface area contributed by atoms with Gasteiger partial charge in [-0.3, -0.25) is 9.78 Å². The smallest absolute Gasteiger partial charge is 0.258 e. The second-order valence-electron chi connectivity index (χ2n) is 4.94. The molecule has 7 heteroatoms. The number of carbonyl (C=O) groups is 1. The van der Waals surface area contributed by atoms with Crippen molar-refractivity contribution in [1.29, 1.82) is 0 Å². The first-order valence-corrected chi connectivity index (χ1v) is 7.29. The van der Waals surface area contributed by atoms with E-state index in [9.17, 15) is 9.18 Å². The van der Waals surface area contributed by atoms with Crippen molar-refractivity contribution in [3.8, 4) is 0 Å². The summed E-state index contributed by atoms with van der Waals surface area (Å²) in [5.41, 5.74) is -0.0582. The summed E-state index contributed by atoms with van der Waals surface area (Å²) in [7, 11) is 0. The lowest BCUT2D eigenvalue weighted by atomic mass is 10.1. The molecule has 0 aliphatic carbocycles. The van der Waals surface area contributed by atoms with Gasteiger partial charge in [0.2, 0.25) is 0 Å². The Hall–Kier alpha value is -2.21. The van der Waals surface area contributed by atoms with Crippen LogP contribution in [0, 0.1) is 5.82 Å². The van der Waals surface area contributed by atoms with Gasteiger partial charge in [-0.1, -0.05) is 17.7 Å². The number of amides is 1. The molecule has 0 unspecified atom stereocenters. The van der Waals surface area contributed by atoms with Crippen LogP contribution in [-0.4, -0.2) is 47.0 Å². The first kappa shape index (κ1) is 14.7. The van der Waals surface area contributed by atoms with Gasteiger partial charge in [0.1, 0.15) is 11.6 Å². The van der Waals surface area contributed by atoms with E-state index in [1.165, 1.54) is 18.2 Å². The molecule has 0 atom stereocenters. The summed E-state index contributed by atoms with van der Waals surface area (Å²) >= 11 is 5.95. The van der Waals surface area contributed by atoms with Crippen LogP contribution in [-0.2, 0) is 0 Å². The third kappa shape index (κ3) is 2.87. The van der Waals surface area contributed by atoms with Gasteiger partial charge >= 0.3 is 0 Å². The Morgan fingerprint density at radius 1 is 1.18 bits per heavy atom. The molecule has 5 nitrogen and oxygen atoms in total. The van der Waals surface area contributed by atoms with Crippen molar-refractivity contribution >= 4 is 23.3 Å². The summed E-state index contributed by atoms with van der Waals surface area (Å²) in [4.78, 5) is 24.4. The van der Waals surface area contributed by atoms with Crippen molar-refractivity contribution in [1.82, 2.24) is 14.9 Å². The molecular formula is C15H14ClFN4O. The zero-order chi connectivity index (χ0) is 15.5. The number of rotatable bonds is 2. The molecule has 1 saturated heterocycles. The van der Waals surface area contributed by atoms with Crippen LogP contribution in [0.1, 0.15) is 10.4 Å². The molecule has 0 bridgehead atoms. The number of piperazine rings is 1. The van der Waals surface area contributed by atoms with E-state index >= 15 is 0 Å². The summed E-state index contributed by atoms with van der Waals surface area (Å²) in [6.07, 6.45) is 4.93. The molecule has 1 aromatic carbocycles. The Labute approximate surface area is 132 Å². The molecule has 3 rings (SSSR count). The average molecular weight is 321 g/mol. The molecule has 0 N–H and O–H groups in total. The first-order valence-electron chi connectivity index (χ1n) is 6.91. The minimum atomic E-state index is -0.589. The van der Waals surface area contributed by atoms with Crippen LogP contribution in [0.5, 0.6) is 0 Å². The van der Waals surface area contributed by atoms with E-state index in [0.29, 0.717) is 26.2 Å². The van der Waals surface area contributed by atoms with E-state index in [2.05, 4.69) is 9.97 Å². The number of hydrogen-bond donors (Lipinski definition) is 0. The zero-order valence-corrected chi connectivity index (χ0v) is 12.5. The van der Waals surface area contributed by atoms with Crippen LogP contribution in [0.3, 0.4) is 0 Å². The SMILES string of the molecule is O=C(c1c(F)cccc1Cl)N1CCN(c2cnccn2)CC1. The number of halogens is 2. The Bertz CT molecular complexity index is 654. The van der Waals surface area contributed by atoms with E-state index in [-0.39, 0.29) is 16.5 Å². The Kier molecular flexibility index (Phi) is 4.20. The summed E-state index contributed by atoms with van der Waals surface area (Å²) in [5.74, 6) is -0.186. The van der Waals surface area contributed by atoms with E-state index in [4.69, 9.17) is 11.6 Å². The monoisotopic (exact) mass is 320 g/mol. The lowest BCUT2D eigenvalue weighted by Crippen LogP contribution is -2.49. The minimum Gasteiger partial charge on any atom is -0.352 e. The van der Waals surface area contributed by atoms with Gasteiger partial charge in [-0.2, -0.15) is 0 Å². The Morgan fingerprint density at radius 3 is 2.59 bits per heavy atom. The van der Waals surface area contributed by atoms with Crippen molar-refractivity contribution in [2.75, 3.05) is 31.1 Å². The van der Waals surface area contributed by atoms with Gasteiger partial charge in [-0.25, -0.2) is 9.37 Å². The average Bonchev–Trinajstić information content (AvgIpc) is 2.55. The largest absolute Gasteiger partial charge is 0.352 e. The third-order valence-corrected chi connectivity index (χ3v) is 3.93. The lowest BCUT2D eigenvalue weighted by molar-refractivity contribution is 0.0742. The highest BCUT2D eigenvalue weighted by Gasteiger charge is 2.26. The zero-order valence-electron chi connectivity index (χ0n) is 11.7. The predicted molar refractivity (Wildman–Crippen MR) is 81.6 cm³/mol. The molecule has 0 radical (unpaired) electrons. The van der Waals surface area contributed by atoms with Gasteiger partial charge in [-0.15, -0.1) is 0 Å². The Balaban J connectivity index is 1.70. The van der Waals surface area contributed by atoms with Crippen LogP contribution in [0.25, 0.3) is 0 Å². The van der Waals surface area contributed by atoms with Crippen molar-refractivity contribution in [2.45, 2.75) is 0 Å². The summed E-state index contributed by atoms with van der Waals surface area (Å²) in [6.45, 7) is 2.22. The van der Waals surface area contributed by atoms with Crippen molar-refractivity contribution in [3.63, 3.8) is 0 Å². The molecule has 0 saturated carbocycles. The summed E-state index contributed by atoms with van der Waals surface area (Å²) in [6, 6.07) is 4.25. The fourth-order valence-corrected chi connectivity index (χ4v) is 2.70. The molecule has 0 spiro atoms. The normalized spacial score (nSPS) is 15.0. The number of hydrogen-bond acceptors (Lipinski definition) is 4. The topological polar surface area (TPSA) is 49.3 Å². The van der Waals surface area contributed by atoms with Crippen LogP contribution >= 0.6 is 11.6 Å². The molecule has 1 fully saturated rings. The quantitative estimate of drug-likeness (QED) is 0.851. The van der Waals surface area contributed by atoms with Crippen LogP contribution in [0.4, 0.5) is 10.2 Å². The van der Waals surface area contributed by atoms with Crippen LogP contribution < -0.4 is 4.90 Å². The van der Waals surface area contributed by atoms with Gasteiger partial charge in [-0.05, 0) is 12.1 Å². The molecular weight excluding hydrogens is 307 g/mol. The van der Waals surface area contributed by atoms with E-state index in [1.807, 2.05) is 4.90 Å².